The molecule has 1 atom stereocenters. The van der Waals surface area contributed by atoms with E-state index in [1.807, 2.05) is 10.9 Å². The van der Waals surface area contributed by atoms with Gasteiger partial charge in [-0.15, -0.1) is 0 Å². The molecule has 1 heterocycles. The largest absolute Gasteiger partial charge is 0.379 e. The summed E-state index contributed by atoms with van der Waals surface area (Å²) in [5, 5.41) is 7.87. The molecule has 0 saturated carbocycles. The van der Waals surface area contributed by atoms with Gasteiger partial charge in [0, 0.05) is 31.5 Å². The van der Waals surface area contributed by atoms with Crippen LogP contribution in [0.4, 0.5) is 0 Å². The molecule has 0 aliphatic rings. The summed E-state index contributed by atoms with van der Waals surface area (Å²) in [4.78, 5) is 0. The van der Waals surface area contributed by atoms with E-state index in [0.717, 1.165) is 25.9 Å². The average molecular weight is 253 g/mol. The molecule has 0 aliphatic carbocycles. The minimum absolute atomic E-state index is 0.0851. The van der Waals surface area contributed by atoms with Crippen molar-refractivity contribution in [2.75, 3.05) is 13.7 Å². The Morgan fingerprint density at radius 2 is 2.22 bits per heavy atom. The summed E-state index contributed by atoms with van der Waals surface area (Å²) in [7, 11) is 1.76. The van der Waals surface area contributed by atoms with Gasteiger partial charge < -0.3 is 10.1 Å². The lowest BCUT2D eigenvalue weighted by atomic mass is 10.1. The third-order valence-corrected chi connectivity index (χ3v) is 3.35. The zero-order chi connectivity index (χ0) is 13.6. The van der Waals surface area contributed by atoms with Crippen molar-refractivity contribution in [2.24, 2.45) is 0 Å². The van der Waals surface area contributed by atoms with Crippen LogP contribution in [0.25, 0.3) is 0 Å². The number of hydrogen-bond acceptors (Lipinski definition) is 3. The van der Waals surface area contributed by atoms with Crippen LogP contribution < -0.4 is 5.32 Å². The highest BCUT2D eigenvalue weighted by atomic mass is 16.5. The summed E-state index contributed by atoms with van der Waals surface area (Å²) in [6.07, 6.45) is 6.19. The van der Waals surface area contributed by atoms with Crippen LogP contribution in [-0.2, 0) is 11.3 Å². The number of hydrogen-bond donors (Lipinski definition) is 1. The van der Waals surface area contributed by atoms with Crippen LogP contribution in [0.3, 0.4) is 0 Å². The van der Waals surface area contributed by atoms with Crippen molar-refractivity contribution < 1.29 is 4.74 Å². The average Bonchev–Trinajstić information content (AvgIpc) is 2.82. The fourth-order valence-corrected chi connectivity index (χ4v) is 1.69. The molecule has 0 fully saturated rings. The summed E-state index contributed by atoms with van der Waals surface area (Å²) in [6, 6.07) is 0.370. The molecule has 0 bridgehead atoms. The Morgan fingerprint density at radius 1 is 1.50 bits per heavy atom. The zero-order valence-electron chi connectivity index (χ0n) is 12.4. The second-order valence-corrected chi connectivity index (χ2v) is 5.43. The zero-order valence-corrected chi connectivity index (χ0v) is 12.4. The molecule has 1 unspecified atom stereocenters. The van der Waals surface area contributed by atoms with E-state index in [4.69, 9.17) is 4.74 Å². The molecule has 1 rings (SSSR count). The van der Waals surface area contributed by atoms with Gasteiger partial charge >= 0.3 is 0 Å². The van der Waals surface area contributed by atoms with Crippen LogP contribution in [0, 0.1) is 0 Å². The van der Waals surface area contributed by atoms with E-state index in [1.54, 1.807) is 7.11 Å². The fourth-order valence-electron chi connectivity index (χ4n) is 1.69. The predicted octanol–water partition coefficient (Wildman–Crippen LogP) is 2.76. The van der Waals surface area contributed by atoms with Gasteiger partial charge in [0.15, 0.2) is 0 Å². The summed E-state index contributed by atoms with van der Waals surface area (Å²) >= 11 is 0. The van der Waals surface area contributed by atoms with Crippen molar-refractivity contribution in [3.05, 3.63) is 18.0 Å². The standard InChI is InChI=1S/C14H27N3O/c1-6-8-15-12(2)13-10-16-17(11-13)9-7-14(3,4)18-5/h10-12,15H,6-9H2,1-5H3. The molecule has 0 aliphatic heterocycles. The van der Waals surface area contributed by atoms with Crippen LogP contribution in [0.1, 0.15) is 52.1 Å². The fraction of sp³-hybridized carbons (Fsp3) is 0.786. The number of nitrogens with one attached hydrogen (secondary N) is 1. The monoisotopic (exact) mass is 253 g/mol. The van der Waals surface area contributed by atoms with E-state index >= 15 is 0 Å². The highest BCUT2D eigenvalue weighted by molar-refractivity contribution is 5.09. The van der Waals surface area contributed by atoms with Crippen molar-refractivity contribution in [1.82, 2.24) is 15.1 Å². The minimum atomic E-state index is -0.0851. The normalized spacial score (nSPS) is 13.8. The van der Waals surface area contributed by atoms with Crippen molar-refractivity contribution >= 4 is 0 Å². The topological polar surface area (TPSA) is 39.1 Å². The Labute approximate surface area is 111 Å². The van der Waals surface area contributed by atoms with E-state index in [-0.39, 0.29) is 5.60 Å². The van der Waals surface area contributed by atoms with Gasteiger partial charge in [0.2, 0.25) is 0 Å². The van der Waals surface area contributed by atoms with Gasteiger partial charge in [-0.25, -0.2) is 0 Å². The smallest absolute Gasteiger partial charge is 0.0640 e. The highest BCUT2D eigenvalue weighted by Crippen LogP contribution is 2.15. The molecule has 0 spiro atoms. The first kappa shape index (κ1) is 15.2. The number of ether oxygens (including phenoxy) is 1. The number of rotatable bonds is 8. The Bertz CT molecular complexity index is 347. The first-order valence-electron chi connectivity index (χ1n) is 6.79. The van der Waals surface area contributed by atoms with E-state index in [0.29, 0.717) is 6.04 Å². The Hall–Kier alpha value is -0.870. The van der Waals surface area contributed by atoms with Gasteiger partial charge in [0.05, 0.1) is 11.8 Å². The summed E-state index contributed by atoms with van der Waals surface area (Å²) in [6.45, 7) is 10.5. The first-order chi connectivity index (χ1) is 8.48. The maximum atomic E-state index is 5.41. The molecule has 0 aromatic carbocycles. The van der Waals surface area contributed by atoms with Gasteiger partial charge in [-0.1, -0.05) is 6.92 Å². The lowest BCUT2D eigenvalue weighted by Crippen LogP contribution is -2.24. The third-order valence-electron chi connectivity index (χ3n) is 3.35. The molecule has 18 heavy (non-hydrogen) atoms. The molecule has 1 aromatic rings. The number of aryl methyl sites for hydroxylation is 1. The summed E-state index contributed by atoms with van der Waals surface area (Å²) in [5.41, 5.74) is 1.16. The van der Waals surface area contributed by atoms with Crippen LogP contribution in [0.15, 0.2) is 12.4 Å². The predicted molar refractivity (Wildman–Crippen MR) is 74.6 cm³/mol. The molecular formula is C14H27N3O. The van der Waals surface area contributed by atoms with Crippen LogP contribution in [-0.4, -0.2) is 29.0 Å². The van der Waals surface area contributed by atoms with Crippen LogP contribution in [0.2, 0.25) is 0 Å². The van der Waals surface area contributed by atoms with Crippen LogP contribution in [0.5, 0.6) is 0 Å². The lowest BCUT2D eigenvalue weighted by Gasteiger charge is -2.22. The second-order valence-electron chi connectivity index (χ2n) is 5.43. The minimum Gasteiger partial charge on any atom is -0.379 e. The van der Waals surface area contributed by atoms with Crippen molar-refractivity contribution in [3.63, 3.8) is 0 Å². The quantitative estimate of drug-likeness (QED) is 0.774. The maximum Gasteiger partial charge on any atom is 0.0640 e. The van der Waals surface area contributed by atoms with Gasteiger partial charge in [-0.2, -0.15) is 5.10 Å². The molecule has 4 heteroatoms. The van der Waals surface area contributed by atoms with Gasteiger partial charge in [-0.05, 0) is 40.2 Å². The van der Waals surface area contributed by atoms with Gasteiger partial charge in [0.1, 0.15) is 0 Å². The molecule has 0 saturated heterocycles. The Morgan fingerprint density at radius 3 is 2.83 bits per heavy atom. The third kappa shape index (κ3) is 4.78. The SMILES string of the molecule is CCCNC(C)c1cnn(CCC(C)(C)OC)c1. The lowest BCUT2D eigenvalue weighted by molar-refractivity contribution is 0.0113. The molecule has 1 N–H and O–H groups in total. The highest BCUT2D eigenvalue weighted by Gasteiger charge is 2.16. The molecule has 1 aromatic heterocycles. The molecule has 0 amide bonds. The van der Waals surface area contributed by atoms with Crippen molar-refractivity contribution in [3.8, 4) is 0 Å². The molecule has 0 radical (unpaired) electrons. The summed E-state index contributed by atoms with van der Waals surface area (Å²) < 4.78 is 7.41. The van der Waals surface area contributed by atoms with E-state index < -0.39 is 0 Å². The molecule has 104 valence electrons. The van der Waals surface area contributed by atoms with Crippen LogP contribution >= 0.6 is 0 Å². The van der Waals surface area contributed by atoms with E-state index in [9.17, 15) is 0 Å². The van der Waals surface area contributed by atoms with Gasteiger partial charge in [0.25, 0.3) is 0 Å². The maximum absolute atomic E-state index is 5.41. The van der Waals surface area contributed by atoms with E-state index in [2.05, 4.69) is 44.3 Å². The molecule has 4 nitrogen and oxygen atoms in total. The van der Waals surface area contributed by atoms with Crippen molar-refractivity contribution in [1.29, 1.82) is 0 Å². The van der Waals surface area contributed by atoms with Crippen molar-refractivity contribution in [2.45, 2.75) is 58.7 Å². The second kappa shape index (κ2) is 6.90. The molecular weight excluding hydrogens is 226 g/mol. The first-order valence-corrected chi connectivity index (χ1v) is 6.79. The van der Waals surface area contributed by atoms with Gasteiger partial charge in [-0.3, -0.25) is 4.68 Å². The number of methoxy groups -OCH3 is 1. The summed E-state index contributed by atoms with van der Waals surface area (Å²) in [5.74, 6) is 0. The van der Waals surface area contributed by atoms with E-state index in [1.165, 1.54) is 5.56 Å². The number of aromatic nitrogens is 2. The Kier molecular flexibility index (Phi) is 5.82. The Balaban J connectivity index is 2.48. The number of nitrogens with zero attached hydrogens (tertiary/aromatic N) is 2.